The second kappa shape index (κ2) is 7.95. The number of benzene rings is 2. The zero-order valence-corrected chi connectivity index (χ0v) is 14.6. The van der Waals surface area contributed by atoms with E-state index >= 15 is 0 Å². The molecule has 122 valence electrons. The summed E-state index contributed by atoms with van der Waals surface area (Å²) in [6.45, 7) is 2.39. The number of aromatic nitrogens is 1. The number of halogens is 1. The molecule has 0 saturated heterocycles. The second-order valence-electron chi connectivity index (χ2n) is 5.11. The molecular formula is C18H16ClN3OS. The summed E-state index contributed by atoms with van der Waals surface area (Å²) in [4.78, 5) is 4.28. The van der Waals surface area contributed by atoms with Gasteiger partial charge in [-0.25, -0.2) is 4.98 Å². The number of aryl methyl sites for hydroxylation is 1. The molecule has 0 unspecified atom stereocenters. The third kappa shape index (κ3) is 4.57. The zero-order chi connectivity index (χ0) is 16.8. The molecule has 0 radical (unpaired) electrons. The molecule has 6 heteroatoms. The standard InChI is InChI=1S/C18H16ClN3OS/c1-13-12-24-18(21-13)22-20-10-14-6-8-16(9-7-14)23-11-15-4-2-3-5-17(15)19/h2-10,12H,11H2,1H3,(H,21,22)/b20-10-. The van der Waals surface area contributed by atoms with Gasteiger partial charge in [0.1, 0.15) is 12.4 Å². The predicted octanol–water partition coefficient (Wildman–Crippen LogP) is 5.13. The first kappa shape index (κ1) is 16.5. The molecule has 0 bridgehead atoms. The minimum Gasteiger partial charge on any atom is -0.489 e. The van der Waals surface area contributed by atoms with E-state index in [0.29, 0.717) is 11.6 Å². The van der Waals surface area contributed by atoms with Crippen molar-refractivity contribution < 1.29 is 4.74 Å². The second-order valence-corrected chi connectivity index (χ2v) is 6.38. The minimum absolute atomic E-state index is 0.443. The summed E-state index contributed by atoms with van der Waals surface area (Å²) in [5.41, 5.74) is 5.83. The van der Waals surface area contributed by atoms with E-state index in [-0.39, 0.29) is 0 Å². The summed E-state index contributed by atoms with van der Waals surface area (Å²) in [6, 6.07) is 15.4. The predicted molar refractivity (Wildman–Crippen MR) is 100 cm³/mol. The van der Waals surface area contributed by atoms with Crippen molar-refractivity contribution in [3.63, 3.8) is 0 Å². The molecule has 0 aliphatic rings. The monoisotopic (exact) mass is 357 g/mol. The molecule has 0 fully saturated rings. The summed E-state index contributed by atoms with van der Waals surface area (Å²) in [7, 11) is 0. The van der Waals surface area contributed by atoms with Crippen molar-refractivity contribution in [1.82, 2.24) is 4.98 Å². The van der Waals surface area contributed by atoms with Crippen LogP contribution in [0.2, 0.25) is 5.02 Å². The van der Waals surface area contributed by atoms with Gasteiger partial charge in [0.25, 0.3) is 0 Å². The van der Waals surface area contributed by atoms with E-state index in [0.717, 1.165) is 27.7 Å². The number of nitrogens with one attached hydrogen (secondary N) is 1. The van der Waals surface area contributed by atoms with E-state index in [4.69, 9.17) is 16.3 Å². The molecule has 0 amide bonds. The van der Waals surface area contributed by atoms with Crippen LogP contribution in [0.4, 0.5) is 5.13 Å². The Bertz CT molecular complexity index is 830. The average Bonchev–Trinajstić information content (AvgIpc) is 3.01. The van der Waals surface area contributed by atoms with Crippen molar-refractivity contribution in [3.05, 3.63) is 75.8 Å². The Hall–Kier alpha value is -2.37. The molecule has 0 aliphatic carbocycles. The maximum absolute atomic E-state index is 6.12. The van der Waals surface area contributed by atoms with Crippen molar-refractivity contribution in [2.24, 2.45) is 5.10 Å². The highest BCUT2D eigenvalue weighted by Crippen LogP contribution is 2.19. The molecule has 1 N–H and O–H groups in total. The number of hydrogen-bond donors (Lipinski definition) is 1. The van der Waals surface area contributed by atoms with Crippen molar-refractivity contribution >= 4 is 34.3 Å². The Balaban J connectivity index is 1.54. The molecule has 3 aromatic rings. The van der Waals surface area contributed by atoms with Crippen LogP contribution in [0, 0.1) is 6.92 Å². The largest absolute Gasteiger partial charge is 0.489 e. The summed E-state index contributed by atoms with van der Waals surface area (Å²) in [5.74, 6) is 0.788. The number of nitrogens with zero attached hydrogens (tertiary/aromatic N) is 2. The van der Waals surface area contributed by atoms with Crippen LogP contribution in [0.25, 0.3) is 0 Å². The van der Waals surface area contributed by atoms with Crippen LogP contribution in [0.1, 0.15) is 16.8 Å². The van der Waals surface area contributed by atoms with E-state index in [1.54, 1.807) is 6.21 Å². The average molecular weight is 358 g/mol. The van der Waals surface area contributed by atoms with Crippen LogP contribution in [0.5, 0.6) is 5.75 Å². The number of rotatable bonds is 6. The molecule has 1 aromatic heterocycles. The Kier molecular flexibility index (Phi) is 5.46. The lowest BCUT2D eigenvalue weighted by Gasteiger charge is -2.07. The van der Waals surface area contributed by atoms with Crippen LogP contribution < -0.4 is 10.2 Å². The van der Waals surface area contributed by atoms with Crippen molar-refractivity contribution in [3.8, 4) is 5.75 Å². The molecule has 0 aliphatic heterocycles. The minimum atomic E-state index is 0.443. The lowest BCUT2D eigenvalue weighted by molar-refractivity contribution is 0.306. The van der Waals surface area contributed by atoms with Gasteiger partial charge in [-0.05, 0) is 42.8 Å². The Morgan fingerprint density at radius 3 is 2.71 bits per heavy atom. The maximum atomic E-state index is 6.12. The number of thiazole rings is 1. The Morgan fingerprint density at radius 1 is 1.21 bits per heavy atom. The van der Waals surface area contributed by atoms with Gasteiger partial charge in [0.2, 0.25) is 5.13 Å². The van der Waals surface area contributed by atoms with Gasteiger partial charge < -0.3 is 4.74 Å². The molecule has 3 rings (SSSR count). The first-order valence-electron chi connectivity index (χ1n) is 7.38. The van der Waals surface area contributed by atoms with Crippen molar-refractivity contribution in [2.75, 3.05) is 5.43 Å². The highest BCUT2D eigenvalue weighted by atomic mass is 35.5. The van der Waals surface area contributed by atoms with Gasteiger partial charge in [-0.2, -0.15) is 5.10 Å². The topological polar surface area (TPSA) is 46.5 Å². The first-order chi connectivity index (χ1) is 11.7. The van der Waals surface area contributed by atoms with Gasteiger partial charge in [-0.3, -0.25) is 5.43 Å². The third-order valence-corrected chi connectivity index (χ3v) is 4.46. The molecular weight excluding hydrogens is 342 g/mol. The summed E-state index contributed by atoms with van der Waals surface area (Å²) in [6.07, 6.45) is 1.74. The van der Waals surface area contributed by atoms with Crippen molar-refractivity contribution in [2.45, 2.75) is 13.5 Å². The normalized spacial score (nSPS) is 10.9. The van der Waals surface area contributed by atoms with Crippen LogP contribution in [-0.4, -0.2) is 11.2 Å². The molecule has 0 spiro atoms. The van der Waals surface area contributed by atoms with Gasteiger partial charge in [0, 0.05) is 16.0 Å². The number of hydrogen-bond acceptors (Lipinski definition) is 5. The Labute approximate surface area is 149 Å². The number of ether oxygens (including phenoxy) is 1. The van der Waals surface area contributed by atoms with Gasteiger partial charge in [-0.1, -0.05) is 29.8 Å². The fourth-order valence-corrected chi connectivity index (χ4v) is 2.82. The fourth-order valence-electron chi connectivity index (χ4n) is 1.99. The highest BCUT2D eigenvalue weighted by molar-refractivity contribution is 7.13. The fraction of sp³-hybridized carbons (Fsp3) is 0.111. The van der Waals surface area contributed by atoms with E-state index in [1.807, 2.05) is 60.8 Å². The number of anilines is 1. The molecule has 24 heavy (non-hydrogen) atoms. The maximum Gasteiger partial charge on any atom is 0.203 e. The smallest absolute Gasteiger partial charge is 0.203 e. The SMILES string of the molecule is Cc1csc(N/N=C\c2ccc(OCc3ccccc3Cl)cc2)n1. The third-order valence-electron chi connectivity index (χ3n) is 3.23. The summed E-state index contributed by atoms with van der Waals surface area (Å²) < 4.78 is 5.75. The van der Waals surface area contributed by atoms with Crippen LogP contribution in [0.3, 0.4) is 0 Å². The van der Waals surface area contributed by atoms with Crippen LogP contribution in [-0.2, 0) is 6.61 Å². The Morgan fingerprint density at radius 2 is 2.00 bits per heavy atom. The number of hydrazone groups is 1. The molecule has 0 saturated carbocycles. The van der Waals surface area contributed by atoms with Crippen LogP contribution >= 0.6 is 22.9 Å². The van der Waals surface area contributed by atoms with Gasteiger partial charge in [-0.15, -0.1) is 11.3 Å². The van der Waals surface area contributed by atoms with E-state index < -0.39 is 0 Å². The highest BCUT2D eigenvalue weighted by Gasteiger charge is 2.00. The molecule has 1 heterocycles. The van der Waals surface area contributed by atoms with Crippen molar-refractivity contribution in [1.29, 1.82) is 0 Å². The van der Waals surface area contributed by atoms with Gasteiger partial charge >= 0.3 is 0 Å². The molecule has 4 nitrogen and oxygen atoms in total. The molecule has 2 aromatic carbocycles. The van der Waals surface area contributed by atoms with E-state index in [9.17, 15) is 0 Å². The zero-order valence-electron chi connectivity index (χ0n) is 13.1. The van der Waals surface area contributed by atoms with E-state index in [2.05, 4.69) is 15.5 Å². The van der Waals surface area contributed by atoms with Gasteiger partial charge in [0.15, 0.2) is 0 Å². The lowest BCUT2D eigenvalue weighted by atomic mass is 10.2. The molecule has 0 atom stereocenters. The van der Waals surface area contributed by atoms with Crippen LogP contribution in [0.15, 0.2) is 59.0 Å². The van der Waals surface area contributed by atoms with E-state index in [1.165, 1.54) is 11.3 Å². The first-order valence-corrected chi connectivity index (χ1v) is 8.64. The lowest BCUT2D eigenvalue weighted by Crippen LogP contribution is -1.96. The summed E-state index contributed by atoms with van der Waals surface area (Å²) >= 11 is 7.64. The quantitative estimate of drug-likeness (QED) is 0.491. The van der Waals surface area contributed by atoms with Gasteiger partial charge in [0.05, 0.1) is 11.9 Å². The summed E-state index contributed by atoms with van der Waals surface area (Å²) in [5, 5.41) is 7.64.